The summed E-state index contributed by atoms with van der Waals surface area (Å²) in [4.78, 5) is 3.87. The fraction of sp³-hybridized carbons (Fsp3) is 0.267. The van der Waals surface area contributed by atoms with Gasteiger partial charge in [-0.25, -0.2) is 0 Å². The molecule has 0 aromatic heterocycles. The Morgan fingerprint density at radius 1 is 1.38 bits per heavy atom. The molecule has 0 saturated heterocycles. The minimum absolute atomic E-state index is 0.674. The number of aryl methyl sites for hydroxylation is 1. The van der Waals surface area contributed by atoms with Gasteiger partial charge >= 0.3 is 0 Å². The van der Waals surface area contributed by atoms with Crippen molar-refractivity contribution in [1.29, 1.82) is 0 Å². The molecule has 0 aliphatic heterocycles. The van der Waals surface area contributed by atoms with Gasteiger partial charge in [0.1, 0.15) is 0 Å². The summed E-state index contributed by atoms with van der Waals surface area (Å²) in [6, 6.07) is 8.38. The maximum Gasteiger partial charge on any atom is 0.0593 e. The molecule has 0 atom stereocenters. The number of rotatable bonds is 5. The molecule has 0 heterocycles. The van der Waals surface area contributed by atoms with Gasteiger partial charge < -0.3 is 0 Å². The van der Waals surface area contributed by atoms with Gasteiger partial charge in [0, 0.05) is 0 Å². The van der Waals surface area contributed by atoms with Crippen LogP contribution in [0.25, 0.3) is 5.57 Å². The monoisotopic (exact) mass is 213 g/mol. The van der Waals surface area contributed by atoms with Gasteiger partial charge in [0.2, 0.25) is 0 Å². The Morgan fingerprint density at radius 2 is 2.06 bits per heavy atom. The van der Waals surface area contributed by atoms with E-state index in [1.165, 1.54) is 16.7 Å². The normalized spacial score (nSPS) is 11.2. The quantitative estimate of drug-likeness (QED) is 0.519. The molecule has 0 radical (unpaired) electrons. The van der Waals surface area contributed by atoms with Crippen LogP contribution >= 0.6 is 0 Å². The fourth-order valence-corrected chi connectivity index (χ4v) is 1.74. The highest BCUT2D eigenvalue weighted by Gasteiger charge is 2.01. The molecule has 0 N–H and O–H groups in total. The van der Waals surface area contributed by atoms with E-state index in [0.717, 1.165) is 12.0 Å². The summed E-state index contributed by atoms with van der Waals surface area (Å²) in [6.45, 7) is 12.5. The van der Waals surface area contributed by atoms with E-state index in [9.17, 15) is 0 Å². The molecule has 0 bridgehead atoms. The van der Waals surface area contributed by atoms with Crippen LogP contribution in [0, 0.1) is 0 Å². The first kappa shape index (κ1) is 12.4. The van der Waals surface area contributed by atoms with Gasteiger partial charge in [-0.1, -0.05) is 49.4 Å². The first-order valence-electron chi connectivity index (χ1n) is 5.55. The predicted octanol–water partition coefficient (Wildman–Crippen LogP) is 3.91. The summed E-state index contributed by atoms with van der Waals surface area (Å²) in [5.74, 6) is 0. The molecule has 0 amide bonds. The Labute approximate surface area is 98.2 Å². The Balaban J connectivity index is 2.96. The summed E-state index contributed by atoms with van der Waals surface area (Å²) in [5.41, 5.74) is 4.81. The lowest BCUT2D eigenvalue weighted by Crippen LogP contribution is -1.90. The van der Waals surface area contributed by atoms with Crippen LogP contribution in [0.1, 0.15) is 25.0 Å². The third-order valence-electron chi connectivity index (χ3n) is 2.53. The molecule has 1 rings (SSSR count). The summed E-state index contributed by atoms with van der Waals surface area (Å²) >= 11 is 0. The zero-order valence-corrected chi connectivity index (χ0v) is 10.2. The number of hydrogen-bond donors (Lipinski definition) is 0. The largest absolute Gasteiger partial charge is 0.297 e. The SMILES string of the molecule is C=NC/C(C)=C/C(=C)c1ccccc1CC. The van der Waals surface area contributed by atoms with Crippen LogP contribution in [-0.4, -0.2) is 13.3 Å². The van der Waals surface area contributed by atoms with E-state index in [4.69, 9.17) is 0 Å². The van der Waals surface area contributed by atoms with Crippen molar-refractivity contribution in [2.45, 2.75) is 20.3 Å². The Bertz CT molecular complexity index is 413. The van der Waals surface area contributed by atoms with E-state index >= 15 is 0 Å². The van der Waals surface area contributed by atoms with E-state index < -0.39 is 0 Å². The summed E-state index contributed by atoms with van der Waals surface area (Å²) in [5, 5.41) is 0. The van der Waals surface area contributed by atoms with Crippen molar-refractivity contribution in [1.82, 2.24) is 0 Å². The highest BCUT2D eigenvalue weighted by Crippen LogP contribution is 2.20. The molecule has 16 heavy (non-hydrogen) atoms. The second kappa shape index (κ2) is 6.06. The predicted molar refractivity (Wildman–Crippen MR) is 73.0 cm³/mol. The van der Waals surface area contributed by atoms with E-state index in [1.807, 2.05) is 0 Å². The van der Waals surface area contributed by atoms with Crippen LogP contribution in [0.5, 0.6) is 0 Å². The van der Waals surface area contributed by atoms with Crippen molar-refractivity contribution in [3.63, 3.8) is 0 Å². The summed E-state index contributed by atoms with van der Waals surface area (Å²) < 4.78 is 0. The van der Waals surface area contributed by atoms with Crippen LogP contribution in [0.15, 0.2) is 47.5 Å². The molecular weight excluding hydrogens is 194 g/mol. The number of allylic oxidation sites excluding steroid dienone is 2. The Kier molecular flexibility index (Phi) is 4.71. The molecule has 1 nitrogen and oxygen atoms in total. The average Bonchev–Trinajstić information content (AvgIpc) is 2.29. The third-order valence-corrected chi connectivity index (χ3v) is 2.53. The fourth-order valence-electron chi connectivity index (χ4n) is 1.74. The van der Waals surface area contributed by atoms with Gasteiger partial charge in [-0.15, -0.1) is 0 Å². The van der Waals surface area contributed by atoms with Crippen LogP contribution in [0.4, 0.5) is 0 Å². The lowest BCUT2D eigenvalue weighted by molar-refractivity contribution is 1.13. The molecule has 0 fully saturated rings. The standard InChI is InChI=1S/C15H19N/c1-5-14-8-6-7-9-15(14)13(3)10-12(2)11-16-4/h6-10H,3-5,11H2,1-2H3/b12-10+. The summed E-state index contributed by atoms with van der Waals surface area (Å²) in [7, 11) is 0. The van der Waals surface area contributed by atoms with Crippen molar-refractivity contribution in [2.75, 3.05) is 6.54 Å². The van der Waals surface area contributed by atoms with Crippen molar-refractivity contribution in [3.05, 3.63) is 53.6 Å². The summed E-state index contributed by atoms with van der Waals surface area (Å²) in [6.07, 6.45) is 3.12. The lowest BCUT2D eigenvalue weighted by Gasteiger charge is -2.08. The molecule has 1 heteroatoms. The molecule has 84 valence electrons. The Hall–Kier alpha value is -1.63. The van der Waals surface area contributed by atoms with Crippen molar-refractivity contribution >= 4 is 12.3 Å². The van der Waals surface area contributed by atoms with E-state index in [1.54, 1.807) is 0 Å². The first-order valence-corrected chi connectivity index (χ1v) is 5.55. The highest BCUT2D eigenvalue weighted by molar-refractivity contribution is 5.74. The third kappa shape index (κ3) is 3.20. The molecular formula is C15H19N. The minimum atomic E-state index is 0.674. The van der Waals surface area contributed by atoms with E-state index in [-0.39, 0.29) is 0 Å². The van der Waals surface area contributed by atoms with Gasteiger partial charge in [-0.05, 0) is 36.8 Å². The molecule has 1 aromatic rings. The van der Waals surface area contributed by atoms with Crippen LogP contribution in [0.3, 0.4) is 0 Å². The zero-order chi connectivity index (χ0) is 12.0. The first-order chi connectivity index (χ1) is 7.69. The number of aliphatic imine (C=N–C) groups is 1. The molecule has 0 aliphatic rings. The maximum absolute atomic E-state index is 4.12. The Morgan fingerprint density at radius 3 is 2.69 bits per heavy atom. The average molecular weight is 213 g/mol. The van der Waals surface area contributed by atoms with Crippen molar-refractivity contribution in [2.24, 2.45) is 4.99 Å². The second-order valence-electron chi connectivity index (χ2n) is 3.91. The number of benzene rings is 1. The zero-order valence-electron chi connectivity index (χ0n) is 10.2. The van der Waals surface area contributed by atoms with E-state index in [0.29, 0.717) is 6.54 Å². The van der Waals surface area contributed by atoms with Gasteiger partial charge in [-0.2, -0.15) is 0 Å². The maximum atomic E-state index is 4.12. The number of nitrogens with zero attached hydrogens (tertiary/aromatic N) is 1. The topological polar surface area (TPSA) is 12.4 Å². The minimum Gasteiger partial charge on any atom is -0.297 e. The van der Waals surface area contributed by atoms with Crippen molar-refractivity contribution in [3.8, 4) is 0 Å². The lowest BCUT2D eigenvalue weighted by atomic mass is 9.98. The second-order valence-corrected chi connectivity index (χ2v) is 3.91. The number of hydrogen-bond acceptors (Lipinski definition) is 1. The molecule has 0 unspecified atom stereocenters. The molecule has 0 spiro atoms. The van der Waals surface area contributed by atoms with E-state index in [2.05, 4.69) is 62.5 Å². The smallest absolute Gasteiger partial charge is 0.0593 e. The van der Waals surface area contributed by atoms with Crippen molar-refractivity contribution < 1.29 is 0 Å². The molecule has 0 saturated carbocycles. The molecule has 0 aliphatic carbocycles. The van der Waals surface area contributed by atoms with Gasteiger partial charge in [-0.3, -0.25) is 4.99 Å². The van der Waals surface area contributed by atoms with Gasteiger partial charge in [0.25, 0.3) is 0 Å². The van der Waals surface area contributed by atoms with Crippen LogP contribution in [-0.2, 0) is 6.42 Å². The molecule has 1 aromatic carbocycles. The van der Waals surface area contributed by atoms with Crippen LogP contribution < -0.4 is 0 Å². The van der Waals surface area contributed by atoms with Gasteiger partial charge in [0.15, 0.2) is 0 Å². The van der Waals surface area contributed by atoms with Crippen LogP contribution in [0.2, 0.25) is 0 Å². The van der Waals surface area contributed by atoms with Gasteiger partial charge in [0.05, 0.1) is 6.54 Å². The highest BCUT2D eigenvalue weighted by atomic mass is 14.7.